The van der Waals surface area contributed by atoms with Crippen molar-refractivity contribution in [3.8, 4) is 0 Å². The molecular formula is C17H17ClIN3O3S. The number of benzene rings is 2. The number of rotatable bonds is 6. The highest BCUT2D eigenvalue weighted by Gasteiger charge is 2.21. The molecule has 0 heterocycles. The van der Waals surface area contributed by atoms with Crippen LogP contribution in [0, 0.1) is 3.57 Å². The van der Waals surface area contributed by atoms with E-state index < -0.39 is 22.5 Å². The van der Waals surface area contributed by atoms with Crippen LogP contribution in [0.1, 0.15) is 12.5 Å². The minimum atomic E-state index is -3.66. The summed E-state index contributed by atoms with van der Waals surface area (Å²) in [6, 6.07) is 13.9. The first-order valence-corrected chi connectivity index (χ1v) is 10.8. The van der Waals surface area contributed by atoms with E-state index in [4.69, 9.17) is 11.6 Å². The molecule has 0 aliphatic heterocycles. The molecule has 0 aromatic heterocycles. The van der Waals surface area contributed by atoms with Gasteiger partial charge in [0.25, 0.3) is 5.91 Å². The molecule has 0 unspecified atom stereocenters. The number of halogens is 2. The van der Waals surface area contributed by atoms with E-state index in [2.05, 4.69) is 33.1 Å². The molecular weight excluding hydrogens is 489 g/mol. The Morgan fingerprint density at radius 1 is 1.23 bits per heavy atom. The van der Waals surface area contributed by atoms with Crippen molar-refractivity contribution >= 4 is 61.5 Å². The maximum absolute atomic E-state index is 12.2. The van der Waals surface area contributed by atoms with Crippen molar-refractivity contribution in [2.45, 2.75) is 6.92 Å². The molecule has 0 fully saturated rings. The first-order chi connectivity index (χ1) is 12.2. The van der Waals surface area contributed by atoms with E-state index in [9.17, 15) is 13.2 Å². The Labute approximate surface area is 171 Å². The van der Waals surface area contributed by atoms with Gasteiger partial charge in [0.15, 0.2) is 0 Å². The average molecular weight is 506 g/mol. The monoisotopic (exact) mass is 505 g/mol. The van der Waals surface area contributed by atoms with Crippen molar-refractivity contribution in [3.05, 3.63) is 62.7 Å². The van der Waals surface area contributed by atoms with Gasteiger partial charge in [-0.3, -0.25) is 9.10 Å². The van der Waals surface area contributed by atoms with Gasteiger partial charge in [-0.15, -0.1) is 0 Å². The third-order valence-electron chi connectivity index (χ3n) is 3.37. The number of hydrogen-bond acceptors (Lipinski definition) is 4. The van der Waals surface area contributed by atoms with Crippen LogP contribution in [0.3, 0.4) is 0 Å². The van der Waals surface area contributed by atoms with Gasteiger partial charge in [-0.05, 0) is 65.4 Å². The number of carbonyl (C=O) groups is 1. The molecule has 0 atom stereocenters. The van der Waals surface area contributed by atoms with Crippen LogP contribution in [-0.2, 0) is 14.8 Å². The number of anilines is 1. The van der Waals surface area contributed by atoms with Crippen molar-refractivity contribution in [2.24, 2.45) is 5.10 Å². The quantitative estimate of drug-likeness (QED) is 0.372. The SMILES string of the molecule is C/C(=N/NC(=O)CN(c1cccc(Cl)c1)S(C)(=O)=O)c1cccc(I)c1. The second-order valence-corrected chi connectivity index (χ2v) is 9.08. The highest BCUT2D eigenvalue weighted by Crippen LogP contribution is 2.21. The summed E-state index contributed by atoms with van der Waals surface area (Å²) in [6.07, 6.45) is 1.03. The fourth-order valence-corrected chi connectivity index (χ4v) is 3.70. The summed E-state index contributed by atoms with van der Waals surface area (Å²) in [6.45, 7) is 1.36. The topological polar surface area (TPSA) is 78.8 Å². The number of nitrogens with zero attached hydrogens (tertiary/aromatic N) is 2. The average Bonchev–Trinajstić information content (AvgIpc) is 2.56. The van der Waals surface area contributed by atoms with Crippen molar-refractivity contribution in [3.63, 3.8) is 0 Å². The van der Waals surface area contributed by atoms with Crippen molar-refractivity contribution < 1.29 is 13.2 Å². The van der Waals surface area contributed by atoms with Crippen LogP contribution in [-0.4, -0.2) is 32.8 Å². The van der Waals surface area contributed by atoms with E-state index in [1.807, 2.05) is 24.3 Å². The van der Waals surface area contributed by atoms with Gasteiger partial charge >= 0.3 is 0 Å². The molecule has 0 aliphatic rings. The molecule has 6 nitrogen and oxygen atoms in total. The van der Waals surface area contributed by atoms with Crippen LogP contribution in [0.15, 0.2) is 53.6 Å². The van der Waals surface area contributed by atoms with E-state index in [0.29, 0.717) is 16.4 Å². The van der Waals surface area contributed by atoms with E-state index >= 15 is 0 Å². The van der Waals surface area contributed by atoms with Gasteiger partial charge in [-0.1, -0.05) is 29.8 Å². The third kappa shape index (κ3) is 5.96. The lowest BCUT2D eigenvalue weighted by molar-refractivity contribution is -0.119. The Kier molecular flexibility index (Phi) is 7.01. The maximum Gasteiger partial charge on any atom is 0.260 e. The number of sulfonamides is 1. The summed E-state index contributed by atoms with van der Waals surface area (Å²) in [5.41, 5.74) is 4.19. The van der Waals surface area contributed by atoms with E-state index in [-0.39, 0.29) is 0 Å². The zero-order valence-electron chi connectivity index (χ0n) is 14.1. The van der Waals surface area contributed by atoms with Crippen molar-refractivity contribution in [1.82, 2.24) is 5.43 Å². The van der Waals surface area contributed by atoms with Crippen LogP contribution in [0.5, 0.6) is 0 Å². The maximum atomic E-state index is 12.2. The van der Waals surface area contributed by atoms with Gasteiger partial charge < -0.3 is 0 Å². The summed E-state index contributed by atoms with van der Waals surface area (Å²) in [5.74, 6) is -0.555. The van der Waals surface area contributed by atoms with Crippen LogP contribution in [0.25, 0.3) is 0 Å². The molecule has 138 valence electrons. The second kappa shape index (κ2) is 8.83. The predicted octanol–water partition coefficient (Wildman–Crippen LogP) is 3.25. The molecule has 0 bridgehead atoms. The first-order valence-electron chi connectivity index (χ1n) is 7.49. The second-order valence-electron chi connectivity index (χ2n) is 5.49. The summed E-state index contributed by atoms with van der Waals surface area (Å²) < 4.78 is 26.1. The normalized spacial score (nSPS) is 11.9. The van der Waals surface area contributed by atoms with Crippen LogP contribution >= 0.6 is 34.2 Å². The van der Waals surface area contributed by atoms with Crippen molar-refractivity contribution in [1.29, 1.82) is 0 Å². The molecule has 2 aromatic carbocycles. The molecule has 0 spiro atoms. The summed E-state index contributed by atoms with van der Waals surface area (Å²) >= 11 is 8.10. The standard InChI is InChI=1S/C17H17ClIN3O3S/c1-12(13-5-3-7-15(19)9-13)20-21-17(23)11-22(26(2,24)25)16-8-4-6-14(18)10-16/h3-10H,11H2,1-2H3,(H,21,23)/b20-12-. The van der Waals surface area contributed by atoms with Crippen molar-refractivity contribution in [2.75, 3.05) is 17.1 Å². The fourth-order valence-electron chi connectivity index (χ4n) is 2.12. The Bertz CT molecular complexity index is 948. The van der Waals surface area contributed by atoms with Crippen LogP contribution in [0.4, 0.5) is 5.69 Å². The zero-order valence-corrected chi connectivity index (χ0v) is 17.8. The predicted molar refractivity (Wildman–Crippen MR) is 113 cm³/mol. The minimum absolute atomic E-state index is 0.313. The number of carbonyl (C=O) groups excluding carboxylic acids is 1. The smallest absolute Gasteiger partial charge is 0.260 e. The number of nitrogens with one attached hydrogen (secondary N) is 1. The molecule has 26 heavy (non-hydrogen) atoms. The number of amides is 1. The largest absolute Gasteiger partial charge is 0.271 e. The lowest BCUT2D eigenvalue weighted by Gasteiger charge is -2.21. The molecule has 0 aliphatic carbocycles. The summed E-state index contributed by atoms with van der Waals surface area (Å²) in [7, 11) is -3.66. The van der Waals surface area contributed by atoms with Crippen LogP contribution in [0.2, 0.25) is 5.02 Å². The van der Waals surface area contributed by atoms with Gasteiger partial charge in [0.05, 0.1) is 17.7 Å². The molecule has 2 aromatic rings. The van der Waals surface area contributed by atoms with Gasteiger partial charge in [-0.25, -0.2) is 13.8 Å². The molecule has 0 saturated carbocycles. The Morgan fingerprint density at radius 2 is 1.92 bits per heavy atom. The van der Waals surface area contributed by atoms with Crippen LogP contribution < -0.4 is 9.73 Å². The number of hydrazone groups is 1. The van der Waals surface area contributed by atoms with Gasteiger partial charge in [0.2, 0.25) is 10.0 Å². The molecule has 1 N–H and O–H groups in total. The minimum Gasteiger partial charge on any atom is -0.271 e. The lowest BCUT2D eigenvalue weighted by atomic mass is 10.1. The molecule has 9 heteroatoms. The van der Waals surface area contributed by atoms with E-state index in [0.717, 1.165) is 19.7 Å². The molecule has 0 saturated heterocycles. The zero-order chi connectivity index (χ0) is 19.3. The molecule has 2 rings (SSSR count). The highest BCUT2D eigenvalue weighted by atomic mass is 127. The molecule has 1 amide bonds. The lowest BCUT2D eigenvalue weighted by Crippen LogP contribution is -2.39. The summed E-state index contributed by atoms with van der Waals surface area (Å²) in [4.78, 5) is 12.2. The summed E-state index contributed by atoms with van der Waals surface area (Å²) in [5, 5.41) is 4.43. The third-order valence-corrected chi connectivity index (χ3v) is 5.42. The highest BCUT2D eigenvalue weighted by molar-refractivity contribution is 14.1. The van der Waals surface area contributed by atoms with E-state index in [1.165, 1.54) is 6.07 Å². The van der Waals surface area contributed by atoms with Gasteiger partial charge in [0.1, 0.15) is 6.54 Å². The Morgan fingerprint density at radius 3 is 2.54 bits per heavy atom. The Balaban J connectivity index is 2.14. The van der Waals surface area contributed by atoms with E-state index in [1.54, 1.807) is 25.1 Å². The Hall–Kier alpha value is -1.65. The fraction of sp³-hybridized carbons (Fsp3) is 0.176. The van der Waals surface area contributed by atoms with Gasteiger partial charge in [-0.2, -0.15) is 5.10 Å². The first kappa shape index (κ1) is 20.7. The van der Waals surface area contributed by atoms with Gasteiger partial charge in [0, 0.05) is 8.59 Å². The number of hydrogen-bond donors (Lipinski definition) is 1. The molecule has 0 radical (unpaired) electrons.